The Bertz CT molecular complexity index is 579. The van der Waals surface area contributed by atoms with Crippen LogP contribution in [0.1, 0.15) is 17.5 Å². The molecule has 5 nitrogen and oxygen atoms in total. The van der Waals surface area contributed by atoms with Gasteiger partial charge in [0.25, 0.3) is 0 Å². The fraction of sp³-hybridized carbons (Fsp3) is 0.267. The van der Waals surface area contributed by atoms with Gasteiger partial charge >= 0.3 is 5.97 Å². The summed E-state index contributed by atoms with van der Waals surface area (Å²) in [6.07, 6.45) is 5.07. The SMILES string of the molecule is CSCC[C@@H](NC(=O)/C=C/c1cccc(C#N)c1)C(=O)O. The van der Waals surface area contributed by atoms with Gasteiger partial charge in [-0.05, 0) is 42.2 Å². The van der Waals surface area contributed by atoms with Crippen LogP contribution >= 0.6 is 11.8 Å². The van der Waals surface area contributed by atoms with E-state index in [1.54, 1.807) is 30.3 Å². The molecule has 0 aliphatic heterocycles. The third-order valence-electron chi connectivity index (χ3n) is 2.67. The molecule has 0 bridgehead atoms. The average Bonchev–Trinajstić information content (AvgIpc) is 2.49. The first-order valence-electron chi connectivity index (χ1n) is 6.27. The highest BCUT2D eigenvalue weighted by Gasteiger charge is 2.17. The number of carbonyl (C=O) groups is 2. The van der Waals surface area contributed by atoms with Crippen LogP contribution < -0.4 is 5.32 Å². The van der Waals surface area contributed by atoms with Crippen LogP contribution in [0, 0.1) is 11.3 Å². The molecule has 110 valence electrons. The quantitative estimate of drug-likeness (QED) is 0.751. The maximum Gasteiger partial charge on any atom is 0.326 e. The molecule has 0 heterocycles. The zero-order valence-corrected chi connectivity index (χ0v) is 12.4. The summed E-state index contributed by atoms with van der Waals surface area (Å²) in [7, 11) is 0. The molecule has 0 radical (unpaired) electrons. The Morgan fingerprint density at radius 3 is 2.90 bits per heavy atom. The Kier molecular flexibility index (Phi) is 7.05. The van der Waals surface area contributed by atoms with Crippen LogP contribution in [0.4, 0.5) is 0 Å². The lowest BCUT2D eigenvalue weighted by Crippen LogP contribution is -2.40. The van der Waals surface area contributed by atoms with Gasteiger partial charge in [-0.25, -0.2) is 4.79 Å². The molecule has 1 aromatic rings. The monoisotopic (exact) mass is 304 g/mol. The van der Waals surface area contributed by atoms with E-state index in [-0.39, 0.29) is 0 Å². The number of carboxylic acid groups (broad SMARTS) is 1. The summed E-state index contributed by atoms with van der Waals surface area (Å²) in [5, 5.41) is 20.2. The molecule has 1 rings (SSSR count). The van der Waals surface area contributed by atoms with Crippen molar-refractivity contribution in [1.82, 2.24) is 5.32 Å². The number of rotatable bonds is 7. The molecule has 1 aromatic carbocycles. The number of thioether (sulfide) groups is 1. The summed E-state index contributed by atoms with van der Waals surface area (Å²) in [4.78, 5) is 22.7. The van der Waals surface area contributed by atoms with Gasteiger partial charge < -0.3 is 10.4 Å². The van der Waals surface area contributed by atoms with Crippen LogP contribution in [0.5, 0.6) is 0 Å². The smallest absolute Gasteiger partial charge is 0.326 e. The van der Waals surface area contributed by atoms with Crippen molar-refractivity contribution < 1.29 is 14.7 Å². The van der Waals surface area contributed by atoms with Gasteiger partial charge in [0.05, 0.1) is 11.6 Å². The highest BCUT2D eigenvalue weighted by molar-refractivity contribution is 7.98. The van der Waals surface area contributed by atoms with Crippen LogP contribution in [0.15, 0.2) is 30.3 Å². The van der Waals surface area contributed by atoms with E-state index in [0.717, 1.165) is 0 Å². The number of nitriles is 1. The molecule has 0 aliphatic rings. The second-order valence-electron chi connectivity index (χ2n) is 4.25. The summed E-state index contributed by atoms with van der Waals surface area (Å²) in [6, 6.07) is 7.91. The Morgan fingerprint density at radius 1 is 1.52 bits per heavy atom. The summed E-state index contributed by atoms with van der Waals surface area (Å²) in [5.74, 6) is -0.853. The second kappa shape index (κ2) is 8.82. The van der Waals surface area contributed by atoms with Gasteiger partial charge in [0.2, 0.25) is 5.91 Å². The molecule has 0 aliphatic carbocycles. The van der Waals surface area contributed by atoms with E-state index in [4.69, 9.17) is 10.4 Å². The van der Waals surface area contributed by atoms with Crippen molar-refractivity contribution in [2.24, 2.45) is 0 Å². The van der Waals surface area contributed by atoms with Crippen molar-refractivity contribution in [2.75, 3.05) is 12.0 Å². The van der Waals surface area contributed by atoms with E-state index >= 15 is 0 Å². The fourth-order valence-electron chi connectivity index (χ4n) is 1.60. The third kappa shape index (κ3) is 6.15. The molecule has 6 heteroatoms. The molecule has 0 aromatic heterocycles. The van der Waals surface area contributed by atoms with E-state index in [9.17, 15) is 9.59 Å². The summed E-state index contributed by atoms with van der Waals surface area (Å²) in [5.41, 5.74) is 1.21. The second-order valence-corrected chi connectivity index (χ2v) is 5.24. The van der Waals surface area contributed by atoms with Crippen molar-refractivity contribution in [1.29, 1.82) is 5.26 Å². The van der Waals surface area contributed by atoms with Crippen molar-refractivity contribution in [3.8, 4) is 6.07 Å². The molecule has 0 spiro atoms. The number of carbonyl (C=O) groups excluding carboxylic acids is 1. The largest absolute Gasteiger partial charge is 0.480 e. The van der Waals surface area contributed by atoms with Crippen LogP contribution in [0.25, 0.3) is 6.08 Å². The first-order valence-corrected chi connectivity index (χ1v) is 7.66. The molecule has 2 N–H and O–H groups in total. The number of hydrogen-bond donors (Lipinski definition) is 2. The van der Waals surface area contributed by atoms with E-state index in [1.807, 2.05) is 12.3 Å². The molecule has 0 saturated carbocycles. The van der Waals surface area contributed by atoms with Gasteiger partial charge in [0, 0.05) is 6.08 Å². The molecule has 21 heavy (non-hydrogen) atoms. The summed E-state index contributed by atoms with van der Waals surface area (Å²) in [6.45, 7) is 0. The van der Waals surface area contributed by atoms with Crippen molar-refractivity contribution in [3.05, 3.63) is 41.5 Å². The van der Waals surface area contributed by atoms with Crippen LogP contribution in [0.3, 0.4) is 0 Å². The van der Waals surface area contributed by atoms with Gasteiger partial charge in [-0.2, -0.15) is 17.0 Å². The lowest BCUT2D eigenvalue weighted by molar-refractivity contribution is -0.141. The van der Waals surface area contributed by atoms with E-state index in [0.29, 0.717) is 23.3 Å². The fourth-order valence-corrected chi connectivity index (χ4v) is 2.07. The molecule has 0 unspecified atom stereocenters. The number of carboxylic acids is 1. The first-order chi connectivity index (χ1) is 10.1. The predicted octanol–water partition coefficient (Wildman–Crippen LogP) is 1.89. The van der Waals surface area contributed by atoms with Crippen LogP contribution in [0.2, 0.25) is 0 Å². The summed E-state index contributed by atoms with van der Waals surface area (Å²) >= 11 is 1.53. The number of hydrogen-bond acceptors (Lipinski definition) is 4. The lowest BCUT2D eigenvalue weighted by Gasteiger charge is -2.12. The number of aliphatic carboxylic acids is 1. The van der Waals surface area contributed by atoms with Crippen molar-refractivity contribution >= 4 is 29.7 Å². The van der Waals surface area contributed by atoms with Crippen LogP contribution in [-0.4, -0.2) is 35.0 Å². The molecule has 0 fully saturated rings. The zero-order chi connectivity index (χ0) is 15.7. The van der Waals surface area contributed by atoms with Gasteiger partial charge in [-0.3, -0.25) is 4.79 Å². The summed E-state index contributed by atoms with van der Waals surface area (Å²) < 4.78 is 0. The molecule has 1 amide bonds. The van der Waals surface area contributed by atoms with Gasteiger partial charge in [0.1, 0.15) is 6.04 Å². The standard InChI is InChI=1S/C15H16N2O3S/c1-21-8-7-13(15(19)20)17-14(18)6-5-11-3-2-4-12(9-11)10-16/h2-6,9,13H,7-8H2,1H3,(H,17,18)(H,19,20)/b6-5+/t13-/m1/s1. The maximum atomic E-state index is 11.7. The normalized spacial score (nSPS) is 11.8. The molecular weight excluding hydrogens is 288 g/mol. The van der Waals surface area contributed by atoms with Crippen molar-refractivity contribution in [3.63, 3.8) is 0 Å². The highest BCUT2D eigenvalue weighted by atomic mass is 32.2. The number of amides is 1. The van der Waals surface area contributed by atoms with E-state index in [2.05, 4.69) is 5.32 Å². The van der Waals surface area contributed by atoms with Gasteiger partial charge in [-0.15, -0.1) is 0 Å². The van der Waals surface area contributed by atoms with Crippen LogP contribution in [-0.2, 0) is 9.59 Å². The van der Waals surface area contributed by atoms with E-state index in [1.165, 1.54) is 17.8 Å². The number of nitrogens with one attached hydrogen (secondary N) is 1. The Morgan fingerprint density at radius 2 is 2.29 bits per heavy atom. The maximum absolute atomic E-state index is 11.7. The van der Waals surface area contributed by atoms with Gasteiger partial charge in [-0.1, -0.05) is 12.1 Å². The minimum atomic E-state index is -1.04. The third-order valence-corrected chi connectivity index (χ3v) is 3.31. The Balaban J connectivity index is 2.64. The topological polar surface area (TPSA) is 90.2 Å². The minimum Gasteiger partial charge on any atom is -0.480 e. The average molecular weight is 304 g/mol. The predicted molar refractivity (Wildman–Crippen MR) is 82.8 cm³/mol. The van der Waals surface area contributed by atoms with Gasteiger partial charge in [0.15, 0.2) is 0 Å². The number of benzene rings is 1. The Labute approximate surface area is 127 Å². The zero-order valence-electron chi connectivity index (χ0n) is 11.6. The van der Waals surface area contributed by atoms with Crippen molar-refractivity contribution in [2.45, 2.75) is 12.5 Å². The number of nitrogens with zero attached hydrogens (tertiary/aromatic N) is 1. The highest BCUT2D eigenvalue weighted by Crippen LogP contribution is 2.06. The first kappa shape index (κ1) is 16.8. The molecular formula is C15H16N2O3S. The molecule has 1 atom stereocenters. The lowest BCUT2D eigenvalue weighted by atomic mass is 10.1. The van der Waals surface area contributed by atoms with E-state index < -0.39 is 17.9 Å². The molecule has 0 saturated heterocycles. The Hall–Kier alpha value is -2.26. The minimum absolute atomic E-state index is 0.375.